The van der Waals surface area contributed by atoms with E-state index in [2.05, 4.69) is 39.7 Å². The molecule has 2 aromatic carbocycles. The summed E-state index contributed by atoms with van der Waals surface area (Å²) in [7, 11) is 0. The van der Waals surface area contributed by atoms with Crippen LogP contribution in [0.5, 0.6) is 0 Å². The number of nitrogens with zero attached hydrogens (tertiary/aromatic N) is 3. The molecule has 0 unspecified atom stereocenters. The molecule has 32 heavy (non-hydrogen) atoms. The average molecular weight is 431 g/mol. The van der Waals surface area contributed by atoms with Gasteiger partial charge in [-0.25, -0.2) is 4.79 Å². The topological polar surface area (TPSA) is 99.2 Å². The fraction of sp³-hybridized carbons (Fsp3) is 0.360. The van der Waals surface area contributed by atoms with E-state index in [9.17, 15) is 14.7 Å². The maximum atomic E-state index is 12.7. The number of aromatic amines is 1. The van der Waals surface area contributed by atoms with Crippen molar-refractivity contribution in [3.8, 4) is 11.1 Å². The van der Waals surface area contributed by atoms with Crippen molar-refractivity contribution in [2.75, 3.05) is 13.1 Å². The number of piperidine rings is 1. The third kappa shape index (κ3) is 3.47. The molecule has 1 saturated heterocycles. The molecule has 1 atom stereocenters. The molecule has 1 spiro atoms. The number of carboxylic acid groups (broad SMARTS) is 1. The number of rotatable bonds is 4. The first-order valence-electron chi connectivity index (χ1n) is 11.0. The number of hydrogen-bond donors (Lipinski definition) is 2. The summed E-state index contributed by atoms with van der Waals surface area (Å²) in [5, 5.41) is 19.7. The Kier molecular flexibility index (Phi) is 4.84. The van der Waals surface area contributed by atoms with Crippen LogP contribution in [0.4, 0.5) is 0 Å². The smallest absolute Gasteiger partial charge is 0.335 e. The number of H-pyrrole nitrogens is 1. The minimum atomic E-state index is -0.905. The van der Waals surface area contributed by atoms with Gasteiger partial charge in [0, 0.05) is 13.1 Å². The number of carbonyl (C=O) groups is 2. The number of likely N-dealkylation sites (tertiary alicyclic amines) is 1. The van der Waals surface area contributed by atoms with E-state index in [4.69, 9.17) is 0 Å². The lowest BCUT2D eigenvalue weighted by atomic mass is 9.88. The van der Waals surface area contributed by atoms with Crippen LogP contribution < -0.4 is 0 Å². The predicted octanol–water partition coefficient (Wildman–Crippen LogP) is 4.20. The highest BCUT2D eigenvalue weighted by Gasteiger charge is 2.55. The van der Waals surface area contributed by atoms with Gasteiger partial charge in [0.05, 0.1) is 11.3 Å². The summed E-state index contributed by atoms with van der Waals surface area (Å²) in [6.45, 7) is 5.26. The van der Waals surface area contributed by atoms with Crippen molar-refractivity contribution >= 4 is 11.9 Å². The zero-order valence-electron chi connectivity index (χ0n) is 18.3. The van der Waals surface area contributed by atoms with E-state index in [1.165, 1.54) is 12.0 Å². The molecule has 2 fully saturated rings. The van der Waals surface area contributed by atoms with Crippen LogP contribution in [-0.4, -0.2) is 50.4 Å². The molecule has 1 aromatic heterocycles. The van der Waals surface area contributed by atoms with E-state index in [-0.39, 0.29) is 5.91 Å². The highest BCUT2D eigenvalue weighted by molar-refractivity contribution is 5.93. The van der Waals surface area contributed by atoms with E-state index >= 15 is 0 Å². The first-order chi connectivity index (χ1) is 15.4. The molecule has 2 aliphatic rings. The first-order valence-corrected chi connectivity index (χ1v) is 11.0. The number of aromatic nitrogens is 3. The van der Waals surface area contributed by atoms with Gasteiger partial charge in [0.15, 0.2) is 5.69 Å². The summed E-state index contributed by atoms with van der Waals surface area (Å²) in [6, 6.07) is 13.9. The van der Waals surface area contributed by atoms with Crippen molar-refractivity contribution < 1.29 is 14.7 Å². The largest absolute Gasteiger partial charge is 0.478 e. The van der Waals surface area contributed by atoms with E-state index in [0.717, 1.165) is 42.6 Å². The molecule has 7 nitrogen and oxygen atoms in total. The lowest BCUT2D eigenvalue weighted by Gasteiger charge is -2.32. The molecule has 2 N–H and O–H groups in total. The fourth-order valence-electron chi connectivity index (χ4n) is 5.18. The number of nitrogens with one attached hydrogen (secondary N) is 1. The van der Waals surface area contributed by atoms with Crippen molar-refractivity contribution in [3.63, 3.8) is 0 Å². The SMILES string of the molecule is Cc1cc(C(=O)O)ccc1-c1ccc([C@H]2CC23CCN(C(=O)c2n[nH]nc2C)CC3)cc1. The Bertz CT molecular complexity index is 1190. The second-order valence-electron chi connectivity index (χ2n) is 9.13. The molecule has 0 radical (unpaired) electrons. The molecule has 3 aromatic rings. The molecule has 5 rings (SSSR count). The van der Waals surface area contributed by atoms with Gasteiger partial charge in [-0.05, 0) is 78.8 Å². The lowest BCUT2D eigenvalue weighted by molar-refractivity contribution is 0.0665. The highest BCUT2D eigenvalue weighted by Crippen LogP contribution is 2.65. The van der Waals surface area contributed by atoms with Gasteiger partial charge in [0.25, 0.3) is 5.91 Å². The van der Waals surface area contributed by atoms with Crippen molar-refractivity contribution in [2.45, 2.75) is 39.0 Å². The monoisotopic (exact) mass is 430 g/mol. The number of benzene rings is 2. The van der Waals surface area contributed by atoms with E-state index in [0.29, 0.717) is 28.3 Å². The molecular weight excluding hydrogens is 404 g/mol. The Morgan fingerprint density at radius 1 is 1.06 bits per heavy atom. The standard InChI is InChI=1S/C25H26N4O3/c1-15-13-19(24(31)32)7-8-20(15)17-3-5-18(6-4-17)21-14-25(21)9-11-29(12-10-25)23(30)22-16(2)26-28-27-22/h3-8,13,21H,9-12,14H2,1-2H3,(H,31,32)(H,26,27,28)/t21-/m1/s1. The van der Waals surface area contributed by atoms with Gasteiger partial charge in [-0.15, -0.1) is 0 Å². The van der Waals surface area contributed by atoms with Crippen LogP contribution in [0.1, 0.15) is 62.8 Å². The number of hydrogen-bond acceptors (Lipinski definition) is 4. The summed E-state index contributed by atoms with van der Waals surface area (Å²) in [5.74, 6) is -0.395. The molecule has 1 saturated carbocycles. The van der Waals surface area contributed by atoms with Crippen LogP contribution in [0.3, 0.4) is 0 Å². The average Bonchev–Trinajstić information content (AvgIpc) is 3.31. The fourth-order valence-corrected chi connectivity index (χ4v) is 5.18. The molecular formula is C25H26N4O3. The Morgan fingerprint density at radius 3 is 2.38 bits per heavy atom. The molecule has 7 heteroatoms. The van der Waals surface area contributed by atoms with E-state index < -0.39 is 5.97 Å². The zero-order valence-corrected chi connectivity index (χ0v) is 18.3. The van der Waals surface area contributed by atoms with Crippen LogP contribution >= 0.6 is 0 Å². The third-order valence-electron chi connectivity index (χ3n) is 7.26. The molecule has 1 aliphatic heterocycles. The number of aryl methyl sites for hydroxylation is 2. The van der Waals surface area contributed by atoms with Crippen LogP contribution in [-0.2, 0) is 0 Å². The molecule has 1 aliphatic carbocycles. The minimum Gasteiger partial charge on any atom is -0.478 e. The summed E-state index contributed by atoms with van der Waals surface area (Å²) in [6.07, 6.45) is 3.19. The Morgan fingerprint density at radius 2 is 1.78 bits per heavy atom. The first kappa shape index (κ1) is 20.4. The number of carboxylic acids is 1. The zero-order chi connectivity index (χ0) is 22.5. The van der Waals surface area contributed by atoms with Gasteiger partial charge >= 0.3 is 5.97 Å². The van der Waals surface area contributed by atoms with Crippen LogP contribution in [0, 0.1) is 19.3 Å². The molecule has 0 bridgehead atoms. The number of aromatic carboxylic acids is 1. The highest BCUT2D eigenvalue weighted by atomic mass is 16.4. The summed E-state index contributed by atoms with van der Waals surface area (Å²) >= 11 is 0. The van der Waals surface area contributed by atoms with Crippen LogP contribution in [0.15, 0.2) is 42.5 Å². The van der Waals surface area contributed by atoms with Crippen LogP contribution in [0.25, 0.3) is 11.1 Å². The Labute approximate surface area is 186 Å². The number of carbonyl (C=O) groups excluding carboxylic acids is 1. The third-order valence-corrected chi connectivity index (χ3v) is 7.26. The summed E-state index contributed by atoms with van der Waals surface area (Å²) < 4.78 is 0. The molecule has 1 amide bonds. The van der Waals surface area contributed by atoms with Gasteiger partial charge in [-0.2, -0.15) is 15.4 Å². The normalized spacial score (nSPS) is 19.2. The molecule has 164 valence electrons. The Hall–Kier alpha value is -3.48. The lowest BCUT2D eigenvalue weighted by Crippen LogP contribution is -2.39. The second-order valence-corrected chi connectivity index (χ2v) is 9.13. The Balaban J connectivity index is 1.25. The van der Waals surface area contributed by atoms with Gasteiger partial charge in [-0.1, -0.05) is 30.3 Å². The van der Waals surface area contributed by atoms with Crippen molar-refractivity contribution in [1.82, 2.24) is 20.3 Å². The van der Waals surface area contributed by atoms with Gasteiger partial charge < -0.3 is 10.0 Å². The number of amides is 1. The summed E-state index contributed by atoms with van der Waals surface area (Å²) in [4.78, 5) is 25.8. The van der Waals surface area contributed by atoms with Crippen molar-refractivity contribution in [3.05, 3.63) is 70.5 Å². The molecule has 2 heterocycles. The van der Waals surface area contributed by atoms with E-state index in [1.54, 1.807) is 19.1 Å². The van der Waals surface area contributed by atoms with Gasteiger partial charge in [0.2, 0.25) is 0 Å². The van der Waals surface area contributed by atoms with Gasteiger partial charge in [0.1, 0.15) is 0 Å². The maximum Gasteiger partial charge on any atom is 0.335 e. The van der Waals surface area contributed by atoms with E-state index in [1.807, 2.05) is 17.9 Å². The quantitative estimate of drug-likeness (QED) is 0.646. The van der Waals surface area contributed by atoms with Gasteiger partial charge in [-0.3, -0.25) is 4.79 Å². The maximum absolute atomic E-state index is 12.7. The minimum absolute atomic E-state index is 0.0306. The van der Waals surface area contributed by atoms with Crippen molar-refractivity contribution in [2.24, 2.45) is 5.41 Å². The summed E-state index contributed by atoms with van der Waals surface area (Å²) in [5.41, 5.74) is 6.15. The van der Waals surface area contributed by atoms with Crippen LogP contribution in [0.2, 0.25) is 0 Å². The van der Waals surface area contributed by atoms with Crippen molar-refractivity contribution in [1.29, 1.82) is 0 Å². The second kappa shape index (κ2) is 7.58. The predicted molar refractivity (Wildman–Crippen MR) is 120 cm³/mol.